The van der Waals surface area contributed by atoms with Crippen molar-refractivity contribution in [1.29, 1.82) is 0 Å². The summed E-state index contributed by atoms with van der Waals surface area (Å²) in [6.07, 6.45) is 11.2. The van der Waals surface area contributed by atoms with Gasteiger partial charge in [0.25, 0.3) is 5.91 Å². The third-order valence-corrected chi connectivity index (χ3v) is 12.6. The SMILES string of the molecule is C[C@@H](OCC1CCCCC1)[C@H](NC(=O)[C@@H]1CN(C(=O)c2cnn(Cc3ccccc3)c2)CC12CN(C(=O)[C@H]1CC1(C)C)C2)C(=O)N1CCC[C@@H](N)C1. The molecule has 2 aliphatic carbocycles. The molecule has 2 aromatic rings. The van der Waals surface area contributed by atoms with E-state index in [0.717, 1.165) is 37.7 Å². The fourth-order valence-corrected chi connectivity index (χ4v) is 9.08. The van der Waals surface area contributed by atoms with E-state index in [4.69, 9.17) is 10.5 Å². The fourth-order valence-electron chi connectivity index (χ4n) is 9.08. The molecule has 12 heteroatoms. The highest BCUT2D eigenvalue weighted by Crippen LogP contribution is 2.54. The fraction of sp³-hybridized carbons (Fsp3) is 0.675. The van der Waals surface area contributed by atoms with Gasteiger partial charge in [-0.05, 0) is 55.9 Å². The summed E-state index contributed by atoms with van der Waals surface area (Å²) in [5.41, 5.74) is 7.20. The average molecular weight is 716 g/mol. The van der Waals surface area contributed by atoms with Gasteiger partial charge >= 0.3 is 0 Å². The summed E-state index contributed by atoms with van der Waals surface area (Å²) in [7, 11) is 0. The van der Waals surface area contributed by atoms with Crippen molar-refractivity contribution < 1.29 is 23.9 Å². The maximum atomic E-state index is 14.5. The minimum absolute atomic E-state index is 0.00741. The van der Waals surface area contributed by atoms with Crippen LogP contribution in [0.3, 0.4) is 0 Å². The summed E-state index contributed by atoms with van der Waals surface area (Å²) in [6.45, 7) is 9.58. The highest BCUT2D eigenvalue weighted by Gasteiger charge is 2.62. The van der Waals surface area contributed by atoms with Crippen molar-refractivity contribution in [1.82, 2.24) is 29.8 Å². The lowest BCUT2D eigenvalue weighted by Gasteiger charge is -2.50. The summed E-state index contributed by atoms with van der Waals surface area (Å²) in [5.74, 6) is -0.672. The summed E-state index contributed by atoms with van der Waals surface area (Å²) >= 11 is 0. The highest BCUT2D eigenvalue weighted by molar-refractivity contribution is 5.96. The van der Waals surface area contributed by atoms with Gasteiger partial charge in [-0.15, -0.1) is 0 Å². The minimum atomic E-state index is -0.885. The number of carbonyl (C=O) groups excluding carboxylic acids is 4. The van der Waals surface area contributed by atoms with Gasteiger partial charge in [0.2, 0.25) is 17.7 Å². The van der Waals surface area contributed by atoms with E-state index in [1.54, 1.807) is 26.9 Å². The van der Waals surface area contributed by atoms with Crippen LogP contribution in [0, 0.1) is 28.6 Å². The molecule has 3 N–H and O–H groups in total. The summed E-state index contributed by atoms with van der Waals surface area (Å²) in [6, 6.07) is 8.96. The van der Waals surface area contributed by atoms with Crippen LogP contribution in [0.2, 0.25) is 0 Å². The predicted octanol–water partition coefficient (Wildman–Crippen LogP) is 3.30. The Morgan fingerprint density at radius 3 is 2.35 bits per heavy atom. The van der Waals surface area contributed by atoms with Crippen LogP contribution in [0.4, 0.5) is 0 Å². The molecule has 282 valence electrons. The number of aromatic nitrogens is 2. The van der Waals surface area contributed by atoms with Gasteiger partial charge in [0.1, 0.15) is 6.04 Å². The van der Waals surface area contributed by atoms with Crippen molar-refractivity contribution in [3.8, 4) is 0 Å². The number of amides is 4. The van der Waals surface area contributed by atoms with Gasteiger partial charge in [0.05, 0.1) is 30.3 Å². The van der Waals surface area contributed by atoms with E-state index in [-0.39, 0.29) is 47.5 Å². The van der Waals surface area contributed by atoms with Crippen molar-refractivity contribution in [2.75, 3.05) is 45.9 Å². The first-order chi connectivity index (χ1) is 24.9. The molecule has 5 atom stereocenters. The number of benzene rings is 1. The normalized spacial score (nSPS) is 26.5. The summed E-state index contributed by atoms with van der Waals surface area (Å²) in [5, 5.41) is 7.61. The number of hydrogen-bond donors (Lipinski definition) is 2. The molecular formula is C40H57N7O5. The third-order valence-electron chi connectivity index (χ3n) is 12.6. The van der Waals surface area contributed by atoms with Crippen molar-refractivity contribution in [3.63, 3.8) is 0 Å². The van der Waals surface area contributed by atoms with Crippen LogP contribution in [0.5, 0.6) is 0 Å². The first-order valence-electron chi connectivity index (χ1n) is 19.5. The molecule has 0 radical (unpaired) electrons. The first-order valence-corrected chi connectivity index (χ1v) is 19.5. The van der Waals surface area contributed by atoms with Crippen LogP contribution < -0.4 is 11.1 Å². The second-order valence-electron chi connectivity index (χ2n) is 17.2. The van der Waals surface area contributed by atoms with Crippen LogP contribution in [0.15, 0.2) is 42.7 Å². The van der Waals surface area contributed by atoms with Gasteiger partial charge in [0.15, 0.2) is 0 Å². The smallest absolute Gasteiger partial charge is 0.257 e. The molecule has 3 saturated heterocycles. The Hall–Kier alpha value is -3.77. The van der Waals surface area contributed by atoms with Crippen molar-refractivity contribution in [2.24, 2.45) is 34.3 Å². The third kappa shape index (κ3) is 7.78. The molecule has 4 heterocycles. The lowest BCUT2D eigenvalue weighted by atomic mass is 9.70. The maximum Gasteiger partial charge on any atom is 0.257 e. The van der Waals surface area contributed by atoms with E-state index in [2.05, 4.69) is 24.3 Å². The largest absolute Gasteiger partial charge is 0.376 e. The van der Waals surface area contributed by atoms with Gasteiger partial charge in [-0.3, -0.25) is 23.9 Å². The molecule has 3 aliphatic heterocycles. The Morgan fingerprint density at radius 2 is 1.65 bits per heavy atom. The molecule has 1 spiro atoms. The zero-order chi connectivity index (χ0) is 36.6. The molecule has 2 saturated carbocycles. The Kier molecular flexibility index (Phi) is 10.5. The number of carbonyl (C=O) groups is 4. The van der Waals surface area contributed by atoms with Gasteiger partial charge < -0.3 is 30.5 Å². The van der Waals surface area contributed by atoms with Gasteiger partial charge in [0, 0.05) is 69.4 Å². The lowest BCUT2D eigenvalue weighted by molar-refractivity contribution is -0.153. The van der Waals surface area contributed by atoms with E-state index in [1.807, 2.05) is 42.2 Å². The molecule has 4 amide bonds. The number of nitrogens with one attached hydrogen (secondary N) is 1. The minimum Gasteiger partial charge on any atom is -0.376 e. The maximum absolute atomic E-state index is 14.5. The van der Waals surface area contributed by atoms with Crippen molar-refractivity contribution >= 4 is 23.6 Å². The van der Waals surface area contributed by atoms with Crippen molar-refractivity contribution in [3.05, 3.63) is 53.9 Å². The van der Waals surface area contributed by atoms with Crippen LogP contribution in [-0.2, 0) is 25.7 Å². The van der Waals surface area contributed by atoms with E-state index in [9.17, 15) is 19.2 Å². The van der Waals surface area contributed by atoms with E-state index in [0.29, 0.717) is 57.4 Å². The Labute approximate surface area is 307 Å². The standard InChI is InChI=1S/C40H57N7O5/c1-27(52-23-29-13-8-5-9-14-29)34(38(51)44-16-10-15-31(41)21-44)43-35(48)33-22-45(24-40(33)25-46(26-40)37(50)32-17-39(32,2)3)36(49)30-18-42-47(20-30)19-28-11-6-4-7-12-28/h4,6-7,11-12,18,20,27,29,31-34H,5,8-10,13-17,19,21-26,41H2,1-3H3,(H,43,48)/t27-,31-,32-,33+,34+/m1/s1. The summed E-state index contributed by atoms with van der Waals surface area (Å²) in [4.78, 5) is 61.5. The van der Waals surface area contributed by atoms with E-state index in [1.165, 1.54) is 19.3 Å². The Bertz CT molecular complexity index is 1610. The quantitative estimate of drug-likeness (QED) is 0.364. The van der Waals surface area contributed by atoms with Gasteiger partial charge in [-0.25, -0.2) is 0 Å². The van der Waals surface area contributed by atoms with E-state index >= 15 is 0 Å². The highest BCUT2D eigenvalue weighted by atomic mass is 16.5. The second kappa shape index (κ2) is 14.9. The van der Waals surface area contributed by atoms with Crippen molar-refractivity contribution in [2.45, 2.75) is 96.9 Å². The van der Waals surface area contributed by atoms with Crippen LogP contribution in [-0.4, -0.2) is 112 Å². The predicted molar refractivity (Wildman–Crippen MR) is 196 cm³/mol. The zero-order valence-corrected chi connectivity index (χ0v) is 31.2. The lowest BCUT2D eigenvalue weighted by Crippen LogP contribution is -2.66. The zero-order valence-electron chi connectivity index (χ0n) is 31.2. The van der Waals surface area contributed by atoms with Crippen LogP contribution in [0.25, 0.3) is 0 Å². The molecule has 1 aromatic carbocycles. The molecule has 0 bridgehead atoms. The number of rotatable bonds is 11. The number of piperidine rings is 1. The Balaban J connectivity index is 1.09. The molecule has 5 fully saturated rings. The molecule has 52 heavy (non-hydrogen) atoms. The molecule has 0 unspecified atom stereocenters. The molecule has 7 rings (SSSR count). The molecular weight excluding hydrogens is 658 g/mol. The van der Waals surface area contributed by atoms with Gasteiger partial charge in [-0.2, -0.15) is 5.10 Å². The van der Waals surface area contributed by atoms with Crippen LogP contribution in [0.1, 0.15) is 88.1 Å². The topological polar surface area (TPSA) is 143 Å². The van der Waals surface area contributed by atoms with Crippen LogP contribution >= 0.6 is 0 Å². The number of hydrogen-bond acceptors (Lipinski definition) is 7. The number of ether oxygens (including phenoxy) is 1. The Morgan fingerprint density at radius 1 is 0.942 bits per heavy atom. The number of nitrogens with zero attached hydrogens (tertiary/aromatic N) is 5. The first kappa shape index (κ1) is 36.6. The molecule has 5 aliphatic rings. The molecule has 12 nitrogen and oxygen atoms in total. The summed E-state index contributed by atoms with van der Waals surface area (Å²) < 4.78 is 8.13. The monoisotopic (exact) mass is 715 g/mol. The molecule has 1 aromatic heterocycles. The van der Waals surface area contributed by atoms with Gasteiger partial charge in [-0.1, -0.05) is 63.4 Å². The second-order valence-corrected chi connectivity index (χ2v) is 17.2. The average Bonchev–Trinajstić information content (AvgIpc) is 3.42. The van der Waals surface area contributed by atoms with E-state index < -0.39 is 23.5 Å². The number of likely N-dealkylation sites (tertiary alicyclic amines) is 3. The number of nitrogens with two attached hydrogens (primary N) is 1.